The van der Waals surface area contributed by atoms with Gasteiger partial charge in [-0.25, -0.2) is 0 Å². The van der Waals surface area contributed by atoms with Crippen molar-refractivity contribution in [2.45, 2.75) is 32.2 Å². The first-order chi connectivity index (χ1) is 8.70. The molecule has 3 nitrogen and oxygen atoms in total. The second-order valence-electron chi connectivity index (χ2n) is 4.74. The molecular formula is C15H20N2O. The van der Waals surface area contributed by atoms with Gasteiger partial charge in [0.25, 0.3) is 0 Å². The van der Waals surface area contributed by atoms with Gasteiger partial charge >= 0.3 is 0 Å². The number of hydrogen-bond acceptors (Lipinski definition) is 2. The lowest BCUT2D eigenvalue weighted by atomic mass is 10.1. The Balaban J connectivity index is 2.00. The van der Waals surface area contributed by atoms with Crippen LogP contribution in [0.3, 0.4) is 0 Å². The van der Waals surface area contributed by atoms with Crippen molar-refractivity contribution in [1.82, 2.24) is 4.90 Å². The Labute approximate surface area is 108 Å². The summed E-state index contributed by atoms with van der Waals surface area (Å²) < 4.78 is 0. The van der Waals surface area contributed by atoms with Crippen molar-refractivity contribution in [2.75, 3.05) is 12.3 Å². The molecule has 1 aromatic carbocycles. The van der Waals surface area contributed by atoms with Gasteiger partial charge in [0.2, 0.25) is 5.91 Å². The lowest BCUT2D eigenvalue weighted by molar-refractivity contribution is -0.126. The number of carbonyl (C=O) groups excluding carboxylic acids is 1. The van der Waals surface area contributed by atoms with Crippen LogP contribution in [-0.2, 0) is 4.79 Å². The minimum Gasteiger partial charge on any atom is -0.399 e. The van der Waals surface area contributed by atoms with E-state index in [2.05, 4.69) is 6.92 Å². The van der Waals surface area contributed by atoms with Gasteiger partial charge in [-0.15, -0.1) is 0 Å². The van der Waals surface area contributed by atoms with Crippen molar-refractivity contribution < 1.29 is 4.79 Å². The number of anilines is 1. The van der Waals surface area contributed by atoms with Gasteiger partial charge in [-0.05, 0) is 43.0 Å². The van der Waals surface area contributed by atoms with Gasteiger partial charge in [-0.1, -0.05) is 19.1 Å². The van der Waals surface area contributed by atoms with E-state index in [1.165, 1.54) is 0 Å². The smallest absolute Gasteiger partial charge is 0.246 e. The molecule has 1 unspecified atom stereocenters. The third-order valence-electron chi connectivity index (χ3n) is 3.49. The summed E-state index contributed by atoms with van der Waals surface area (Å²) in [5, 5.41) is 0. The van der Waals surface area contributed by atoms with Gasteiger partial charge in [-0.3, -0.25) is 4.79 Å². The number of likely N-dealkylation sites (tertiary alicyclic amines) is 1. The first-order valence-corrected chi connectivity index (χ1v) is 6.55. The van der Waals surface area contributed by atoms with E-state index in [1.54, 1.807) is 6.08 Å². The molecule has 1 aromatic rings. The lowest BCUT2D eigenvalue weighted by Crippen LogP contribution is -2.33. The molecule has 1 saturated heterocycles. The van der Waals surface area contributed by atoms with Crippen LogP contribution in [0.1, 0.15) is 31.7 Å². The normalized spacial score (nSPS) is 19.6. The largest absolute Gasteiger partial charge is 0.399 e. The fourth-order valence-electron chi connectivity index (χ4n) is 2.42. The minimum atomic E-state index is 0.121. The number of carbonyl (C=O) groups is 1. The van der Waals surface area contributed by atoms with Crippen molar-refractivity contribution >= 4 is 17.7 Å². The molecule has 1 fully saturated rings. The molecular weight excluding hydrogens is 224 g/mol. The Hall–Kier alpha value is -1.77. The van der Waals surface area contributed by atoms with Crippen molar-refractivity contribution in [3.8, 4) is 0 Å². The SMILES string of the molecule is CCC1CCCN1C(=O)/C=C/c1ccc(N)cc1. The first kappa shape index (κ1) is 12.7. The van der Waals surface area contributed by atoms with Gasteiger partial charge in [0, 0.05) is 24.4 Å². The van der Waals surface area contributed by atoms with Crippen LogP contribution < -0.4 is 5.73 Å². The highest BCUT2D eigenvalue weighted by molar-refractivity contribution is 5.92. The average Bonchev–Trinajstić information content (AvgIpc) is 2.86. The number of hydrogen-bond donors (Lipinski definition) is 1. The molecule has 18 heavy (non-hydrogen) atoms. The molecule has 1 aliphatic heterocycles. The molecule has 1 atom stereocenters. The number of rotatable bonds is 3. The van der Waals surface area contributed by atoms with Crippen molar-refractivity contribution in [1.29, 1.82) is 0 Å². The number of nitrogens with zero attached hydrogens (tertiary/aromatic N) is 1. The number of nitrogen functional groups attached to an aromatic ring is 1. The van der Waals surface area contributed by atoms with Crippen LogP contribution in [0.5, 0.6) is 0 Å². The van der Waals surface area contributed by atoms with Gasteiger partial charge in [-0.2, -0.15) is 0 Å². The second-order valence-corrected chi connectivity index (χ2v) is 4.74. The fraction of sp³-hybridized carbons (Fsp3) is 0.400. The van der Waals surface area contributed by atoms with Gasteiger partial charge < -0.3 is 10.6 Å². The van der Waals surface area contributed by atoms with Gasteiger partial charge in [0.1, 0.15) is 0 Å². The maximum atomic E-state index is 12.1. The molecule has 1 aliphatic rings. The predicted molar refractivity (Wildman–Crippen MR) is 74.9 cm³/mol. The number of benzene rings is 1. The number of amides is 1. The molecule has 0 radical (unpaired) electrons. The summed E-state index contributed by atoms with van der Waals surface area (Å²) in [6, 6.07) is 7.94. The zero-order valence-corrected chi connectivity index (χ0v) is 10.8. The van der Waals surface area contributed by atoms with E-state index in [4.69, 9.17) is 5.73 Å². The van der Waals surface area contributed by atoms with Crippen LogP contribution >= 0.6 is 0 Å². The summed E-state index contributed by atoms with van der Waals surface area (Å²) >= 11 is 0. The zero-order valence-electron chi connectivity index (χ0n) is 10.8. The second kappa shape index (κ2) is 5.71. The van der Waals surface area contributed by atoms with Gasteiger partial charge in [0.15, 0.2) is 0 Å². The Morgan fingerprint density at radius 1 is 1.44 bits per heavy atom. The minimum absolute atomic E-state index is 0.121. The summed E-state index contributed by atoms with van der Waals surface area (Å²) in [6.07, 6.45) is 6.83. The summed E-state index contributed by atoms with van der Waals surface area (Å²) in [6.45, 7) is 3.03. The van der Waals surface area contributed by atoms with E-state index in [0.29, 0.717) is 6.04 Å². The molecule has 0 aromatic heterocycles. The highest BCUT2D eigenvalue weighted by Gasteiger charge is 2.25. The Bertz CT molecular complexity index is 436. The van der Waals surface area contributed by atoms with E-state index < -0.39 is 0 Å². The first-order valence-electron chi connectivity index (χ1n) is 6.55. The standard InChI is InChI=1S/C15H20N2O/c1-2-14-4-3-11-17(14)15(18)10-7-12-5-8-13(16)9-6-12/h5-10,14H,2-4,11,16H2,1H3/b10-7+. The molecule has 2 N–H and O–H groups in total. The van der Waals surface area contributed by atoms with Crippen molar-refractivity contribution in [3.05, 3.63) is 35.9 Å². The molecule has 96 valence electrons. The lowest BCUT2D eigenvalue weighted by Gasteiger charge is -2.21. The average molecular weight is 244 g/mol. The van der Waals surface area contributed by atoms with E-state index in [1.807, 2.05) is 35.2 Å². The monoisotopic (exact) mass is 244 g/mol. The van der Waals surface area contributed by atoms with E-state index in [-0.39, 0.29) is 5.91 Å². The van der Waals surface area contributed by atoms with Crippen LogP contribution in [0, 0.1) is 0 Å². The molecule has 0 bridgehead atoms. The zero-order chi connectivity index (χ0) is 13.0. The van der Waals surface area contributed by atoms with E-state index in [9.17, 15) is 4.79 Å². The summed E-state index contributed by atoms with van der Waals surface area (Å²) in [5.41, 5.74) is 7.36. The molecule has 3 heteroatoms. The third-order valence-corrected chi connectivity index (χ3v) is 3.49. The Morgan fingerprint density at radius 3 is 2.83 bits per heavy atom. The molecule has 0 saturated carbocycles. The van der Waals surface area contributed by atoms with Crippen molar-refractivity contribution in [2.24, 2.45) is 0 Å². The van der Waals surface area contributed by atoms with E-state index in [0.717, 1.165) is 37.1 Å². The van der Waals surface area contributed by atoms with Crippen LogP contribution in [0.25, 0.3) is 6.08 Å². The highest BCUT2D eigenvalue weighted by Crippen LogP contribution is 2.20. The van der Waals surface area contributed by atoms with Crippen LogP contribution in [-0.4, -0.2) is 23.4 Å². The maximum absolute atomic E-state index is 12.1. The third kappa shape index (κ3) is 2.92. The summed E-state index contributed by atoms with van der Waals surface area (Å²) in [4.78, 5) is 14.0. The molecule has 1 amide bonds. The quantitative estimate of drug-likeness (QED) is 0.656. The molecule has 0 spiro atoms. The fourth-order valence-corrected chi connectivity index (χ4v) is 2.42. The van der Waals surface area contributed by atoms with Crippen LogP contribution in [0.15, 0.2) is 30.3 Å². The Kier molecular flexibility index (Phi) is 4.03. The summed E-state index contributed by atoms with van der Waals surface area (Å²) in [7, 11) is 0. The Morgan fingerprint density at radius 2 is 2.17 bits per heavy atom. The number of nitrogens with two attached hydrogens (primary N) is 1. The molecule has 0 aliphatic carbocycles. The van der Waals surface area contributed by atoms with E-state index >= 15 is 0 Å². The van der Waals surface area contributed by atoms with Crippen molar-refractivity contribution in [3.63, 3.8) is 0 Å². The topological polar surface area (TPSA) is 46.3 Å². The predicted octanol–water partition coefficient (Wildman–Crippen LogP) is 2.68. The molecule has 1 heterocycles. The maximum Gasteiger partial charge on any atom is 0.246 e. The molecule has 2 rings (SSSR count). The highest BCUT2D eigenvalue weighted by atomic mass is 16.2. The van der Waals surface area contributed by atoms with Crippen LogP contribution in [0.4, 0.5) is 5.69 Å². The van der Waals surface area contributed by atoms with Crippen LogP contribution in [0.2, 0.25) is 0 Å². The van der Waals surface area contributed by atoms with Gasteiger partial charge in [0.05, 0.1) is 0 Å². The summed E-state index contributed by atoms with van der Waals surface area (Å²) in [5.74, 6) is 0.121.